The Morgan fingerprint density at radius 3 is 2.43 bits per heavy atom. The Morgan fingerprint density at radius 2 is 1.60 bits per heavy atom. The summed E-state index contributed by atoms with van der Waals surface area (Å²) in [4.78, 5) is 33.5. The predicted molar refractivity (Wildman–Crippen MR) is 111 cm³/mol. The van der Waals surface area contributed by atoms with E-state index in [0.717, 1.165) is 5.56 Å². The molecule has 2 aliphatic rings. The van der Waals surface area contributed by atoms with E-state index in [1.165, 1.54) is 0 Å². The van der Waals surface area contributed by atoms with Gasteiger partial charge in [0, 0.05) is 7.05 Å². The van der Waals surface area contributed by atoms with Crippen LogP contribution in [0.4, 0.5) is 0 Å². The Kier molecular flexibility index (Phi) is 3.35. The number of fused-ring (bicyclic) bond motifs is 5. The molecule has 0 bridgehead atoms. The molecule has 3 heterocycles. The van der Waals surface area contributed by atoms with Crippen molar-refractivity contribution in [1.29, 1.82) is 0 Å². The number of rotatable bonds is 1. The fourth-order valence-corrected chi connectivity index (χ4v) is 4.42. The Labute approximate surface area is 172 Å². The maximum Gasteiger partial charge on any atom is 0.266 e. The summed E-state index contributed by atoms with van der Waals surface area (Å²) in [5.41, 5.74) is 1.10. The fraction of sp³-hybridized carbons (Fsp3) is 0.125. The first-order chi connectivity index (χ1) is 14.6. The number of carbonyl (C=O) groups excluding carboxylic acids is 1. The highest BCUT2D eigenvalue weighted by atomic mass is 16.6. The summed E-state index contributed by atoms with van der Waals surface area (Å²) >= 11 is 0. The smallest absolute Gasteiger partial charge is 0.266 e. The van der Waals surface area contributed by atoms with Gasteiger partial charge in [0.05, 0.1) is 22.2 Å². The van der Waals surface area contributed by atoms with Gasteiger partial charge in [0.25, 0.3) is 11.5 Å². The zero-order valence-corrected chi connectivity index (χ0v) is 16.1. The SMILES string of the molecule is CN1C(=O)c2ccccc2-n2c(nc3ccccc3c2=O)[C@]12O[C@H]2c1ccccc1. The number of likely N-dealkylation sites (N-methyl/N-ethyl adjacent to an activating group) is 1. The largest absolute Gasteiger partial charge is 0.332 e. The van der Waals surface area contributed by atoms with Crippen LogP contribution in [0.2, 0.25) is 0 Å². The van der Waals surface area contributed by atoms with Gasteiger partial charge < -0.3 is 9.64 Å². The van der Waals surface area contributed by atoms with E-state index in [0.29, 0.717) is 28.0 Å². The third kappa shape index (κ3) is 2.08. The van der Waals surface area contributed by atoms with Gasteiger partial charge in [-0.05, 0) is 29.8 Å². The average molecular weight is 395 g/mol. The van der Waals surface area contributed by atoms with Crippen LogP contribution in [0.25, 0.3) is 16.6 Å². The number of nitrogens with zero attached hydrogens (tertiary/aromatic N) is 3. The minimum atomic E-state index is -1.15. The van der Waals surface area contributed by atoms with Crippen LogP contribution in [0.3, 0.4) is 0 Å². The number of amides is 1. The van der Waals surface area contributed by atoms with Crippen molar-refractivity contribution in [2.24, 2.45) is 0 Å². The number of aromatic nitrogens is 2. The second kappa shape index (κ2) is 5.87. The predicted octanol–water partition coefficient (Wildman–Crippen LogP) is 3.40. The normalized spacial score (nSPS) is 22.0. The van der Waals surface area contributed by atoms with Gasteiger partial charge in [0.15, 0.2) is 5.82 Å². The van der Waals surface area contributed by atoms with Crippen molar-refractivity contribution in [2.45, 2.75) is 11.8 Å². The van der Waals surface area contributed by atoms with Crippen LogP contribution >= 0.6 is 0 Å². The van der Waals surface area contributed by atoms with Gasteiger partial charge in [-0.1, -0.05) is 54.6 Å². The van der Waals surface area contributed by atoms with E-state index in [9.17, 15) is 9.59 Å². The number of benzene rings is 3. The lowest BCUT2D eigenvalue weighted by molar-refractivity contribution is 0.0516. The Hall–Kier alpha value is -3.77. The minimum Gasteiger partial charge on any atom is -0.332 e. The van der Waals surface area contributed by atoms with Gasteiger partial charge in [0.2, 0.25) is 5.72 Å². The Bertz CT molecular complexity index is 1400. The van der Waals surface area contributed by atoms with Gasteiger partial charge in [-0.3, -0.25) is 14.2 Å². The highest BCUT2D eigenvalue weighted by Gasteiger charge is 2.67. The molecule has 2 atom stereocenters. The number of carbonyl (C=O) groups is 1. The van der Waals surface area contributed by atoms with Crippen molar-refractivity contribution >= 4 is 16.8 Å². The summed E-state index contributed by atoms with van der Waals surface area (Å²) < 4.78 is 7.78. The van der Waals surface area contributed by atoms with Crippen LogP contribution < -0.4 is 5.56 Å². The molecule has 146 valence electrons. The van der Waals surface area contributed by atoms with Gasteiger partial charge in [-0.25, -0.2) is 4.98 Å². The van der Waals surface area contributed by atoms with E-state index in [1.54, 1.807) is 40.8 Å². The maximum atomic E-state index is 13.6. The monoisotopic (exact) mass is 395 g/mol. The molecule has 2 aliphatic heterocycles. The van der Waals surface area contributed by atoms with Crippen molar-refractivity contribution in [3.63, 3.8) is 0 Å². The van der Waals surface area contributed by atoms with Crippen molar-refractivity contribution in [3.05, 3.63) is 106 Å². The molecule has 0 N–H and O–H groups in total. The molecule has 1 spiro atoms. The number of hydrogen-bond acceptors (Lipinski definition) is 4. The average Bonchev–Trinajstić information content (AvgIpc) is 3.56. The lowest BCUT2D eigenvalue weighted by atomic mass is 10.0. The molecule has 0 radical (unpaired) electrons. The van der Waals surface area contributed by atoms with Crippen molar-refractivity contribution in [1.82, 2.24) is 14.5 Å². The van der Waals surface area contributed by atoms with E-state index >= 15 is 0 Å². The van der Waals surface area contributed by atoms with E-state index in [1.807, 2.05) is 54.6 Å². The fourth-order valence-electron chi connectivity index (χ4n) is 4.42. The van der Waals surface area contributed by atoms with Crippen LogP contribution in [0.15, 0.2) is 83.7 Å². The molecule has 6 rings (SSSR count). The highest BCUT2D eigenvalue weighted by Crippen LogP contribution is 2.59. The second-order valence-electron chi connectivity index (χ2n) is 7.58. The molecule has 0 saturated carbocycles. The third-order valence-electron chi connectivity index (χ3n) is 5.97. The van der Waals surface area contributed by atoms with Crippen LogP contribution in [-0.2, 0) is 10.5 Å². The number of ether oxygens (including phenoxy) is 1. The molecule has 1 fully saturated rings. The Balaban J connectivity index is 1.73. The van der Waals surface area contributed by atoms with E-state index in [-0.39, 0.29) is 11.5 Å². The van der Waals surface area contributed by atoms with E-state index < -0.39 is 11.8 Å². The van der Waals surface area contributed by atoms with E-state index in [4.69, 9.17) is 9.72 Å². The topological polar surface area (TPSA) is 67.7 Å². The highest BCUT2D eigenvalue weighted by molar-refractivity contribution is 5.99. The molecule has 6 nitrogen and oxygen atoms in total. The van der Waals surface area contributed by atoms with E-state index in [2.05, 4.69) is 0 Å². The first kappa shape index (κ1) is 17.1. The minimum absolute atomic E-state index is 0.210. The lowest BCUT2D eigenvalue weighted by Crippen LogP contribution is -2.40. The first-order valence-corrected chi connectivity index (χ1v) is 9.75. The summed E-state index contributed by atoms with van der Waals surface area (Å²) in [6.07, 6.45) is -0.415. The Morgan fingerprint density at radius 1 is 0.900 bits per heavy atom. The quantitative estimate of drug-likeness (QED) is 0.463. The summed E-state index contributed by atoms with van der Waals surface area (Å²) in [6, 6.07) is 24.1. The summed E-state index contributed by atoms with van der Waals surface area (Å²) in [5.74, 6) is 0.207. The third-order valence-corrected chi connectivity index (χ3v) is 5.97. The van der Waals surface area contributed by atoms with Crippen molar-refractivity contribution in [2.75, 3.05) is 7.05 Å². The summed E-state index contributed by atoms with van der Waals surface area (Å²) in [6.45, 7) is 0. The molecule has 30 heavy (non-hydrogen) atoms. The van der Waals surface area contributed by atoms with Crippen LogP contribution in [0, 0.1) is 0 Å². The summed E-state index contributed by atoms with van der Waals surface area (Å²) in [5, 5.41) is 0.500. The van der Waals surface area contributed by atoms with Gasteiger partial charge in [-0.15, -0.1) is 0 Å². The lowest BCUT2D eigenvalue weighted by Gasteiger charge is -2.24. The molecule has 0 aliphatic carbocycles. The number of hydrogen-bond donors (Lipinski definition) is 0. The maximum absolute atomic E-state index is 13.6. The molecular weight excluding hydrogens is 378 g/mol. The van der Waals surface area contributed by atoms with Gasteiger partial charge in [-0.2, -0.15) is 0 Å². The first-order valence-electron chi connectivity index (χ1n) is 9.75. The molecule has 0 unspecified atom stereocenters. The van der Waals surface area contributed by atoms with Crippen molar-refractivity contribution in [3.8, 4) is 5.69 Å². The van der Waals surface area contributed by atoms with Crippen LogP contribution in [-0.4, -0.2) is 27.4 Å². The number of epoxide rings is 1. The van der Waals surface area contributed by atoms with Crippen LogP contribution in [0.5, 0.6) is 0 Å². The van der Waals surface area contributed by atoms with Gasteiger partial charge in [0.1, 0.15) is 6.10 Å². The van der Waals surface area contributed by atoms with Crippen LogP contribution in [0.1, 0.15) is 27.8 Å². The van der Waals surface area contributed by atoms with Crippen molar-refractivity contribution < 1.29 is 9.53 Å². The molecule has 3 aromatic carbocycles. The molecule has 6 heteroatoms. The molecular formula is C24H17N3O3. The van der Waals surface area contributed by atoms with Gasteiger partial charge >= 0.3 is 0 Å². The molecule has 1 saturated heterocycles. The standard InChI is InChI=1S/C24H17N3O3/c1-26-21(28)17-12-6-8-14-19(17)27-22(29)16-11-5-7-13-18(16)25-23(27)24(26)20(30-24)15-9-3-2-4-10-15/h2-14,20H,1H3/t20-,24-/m0/s1. The second-order valence-corrected chi connectivity index (χ2v) is 7.58. The zero-order chi connectivity index (χ0) is 20.5. The molecule has 1 amide bonds. The summed E-state index contributed by atoms with van der Waals surface area (Å²) in [7, 11) is 1.71. The molecule has 1 aromatic heterocycles. The number of para-hydroxylation sites is 2. The molecule has 4 aromatic rings. The zero-order valence-electron chi connectivity index (χ0n) is 16.1.